The predicted molar refractivity (Wildman–Crippen MR) is 105 cm³/mol. The van der Waals surface area contributed by atoms with Gasteiger partial charge in [0.05, 0.1) is 6.61 Å². The second-order valence-electron chi connectivity index (χ2n) is 7.10. The Morgan fingerprint density at radius 2 is 1.96 bits per heavy atom. The number of nitrogens with zero attached hydrogens (tertiary/aromatic N) is 2. The van der Waals surface area contributed by atoms with Gasteiger partial charge in [0.25, 0.3) is 5.91 Å². The molecule has 0 radical (unpaired) electrons. The van der Waals surface area contributed by atoms with Crippen molar-refractivity contribution < 1.29 is 14.6 Å². The van der Waals surface area contributed by atoms with Gasteiger partial charge in [-0.1, -0.05) is 48.0 Å². The van der Waals surface area contributed by atoms with Gasteiger partial charge in [0.2, 0.25) is 0 Å². The minimum Gasteiger partial charge on any atom is -0.395 e. The van der Waals surface area contributed by atoms with E-state index in [4.69, 9.17) is 16.3 Å². The number of methoxy groups -OCH3 is 1. The number of halogens is 1. The average molecular weight is 387 g/mol. The first-order chi connectivity index (χ1) is 13.2. The molecule has 2 aromatic rings. The van der Waals surface area contributed by atoms with Crippen LogP contribution in [0.25, 0.3) is 0 Å². The fourth-order valence-corrected chi connectivity index (χ4v) is 4.66. The maximum atomic E-state index is 12.6. The van der Waals surface area contributed by atoms with Crippen LogP contribution in [0.1, 0.15) is 17.0 Å². The SMILES string of the molecule is COCC(=O)N1C[C@@H]2[C@H](c3ccccc31)[C@@H](CO)N2Cc1ccccc1Cl. The Bertz CT molecular complexity index is 844. The number of carbonyl (C=O) groups is 1. The number of ether oxygens (including phenoxy) is 1. The molecule has 1 saturated heterocycles. The summed E-state index contributed by atoms with van der Waals surface area (Å²) in [7, 11) is 1.53. The molecular weight excluding hydrogens is 364 g/mol. The monoisotopic (exact) mass is 386 g/mol. The standard InChI is InChI=1S/C21H23ClN2O3/c1-27-13-20(26)24-11-18-21(15-7-3-5-9-17(15)24)19(12-25)23(18)10-14-6-2-4-8-16(14)22/h2-9,18-19,21,25H,10-13H2,1H3/t18-,19-,21+/m1/s1. The van der Waals surface area contributed by atoms with Crippen LogP contribution in [0.3, 0.4) is 0 Å². The number of amides is 1. The number of likely N-dealkylation sites (tertiary alicyclic amines) is 1. The van der Waals surface area contributed by atoms with Crippen LogP contribution in [-0.2, 0) is 16.1 Å². The van der Waals surface area contributed by atoms with E-state index in [2.05, 4.69) is 11.0 Å². The van der Waals surface area contributed by atoms with Gasteiger partial charge in [-0.05, 0) is 23.3 Å². The van der Waals surface area contributed by atoms with Gasteiger partial charge in [0.1, 0.15) is 6.61 Å². The average Bonchev–Trinajstić information content (AvgIpc) is 2.67. The van der Waals surface area contributed by atoms with Crippen molar-refractivity contribution in [2.45, 2.75) is 24.5 Å². The fraction of sp³-hybridized carbons (Fsp3) is 0.381. The van der Waals surface area contributed by atoms with Crippen LogP contribution in [-0.4, -0.2) is 54.9 Å². The largest absolute Gasteiger partial charge is 0.395 e. The molecule has 0 spiro atoms. The third-order valence-corrected chi connectivity index (χ3v) is 6.07. The molecule has 2 heterocycles. The molecule has 27 heavy (non-hydrogen) atoms. The molecule has 3 atom stereocenters. The highest BCUT2D eigenvalue weighted by atomic mass is 35.5. The number of carbonyl (C=O) groups excluding carboxylic acids is 1. The topological polar surface area (TPSA) is 53.0 Å². The minimum atomic E-state index is -0.0476. The Labute approximate surface area is 164 Å². The maximum Gasteiger partial charge on any atom is 0.253 e. The summed E-state index contributed by atoms with van der Waals surface area (Å²) in [6, 6.07) is 15.9. The molecule has 2 aliphatic heterocycles. The van der Waals surface area contributed by atoms with E-state index in [9.17, 15) is 9.90 Å². The zero-order valence-corrected chi connectivity index (χ0v) is 16.0. The summed E-state index contributed by atoms with van der Waals surface area (Å²) in [6.45, 7) is 1.37. The predicted octanol–water partition coefficient (Wildman–Crippen LogP) is 2.66. The van der Waals surface area contributed by atoms with E-state index in [1.807, 2.05) is 47.4 Å². The summed E-state index contributed by atoms with van der Waals surface area (Å²) < 4.78 is 5.07. The number of para-hydroxylation sites is 1. The number of benzene rings is 2. The van der Waals surface area contributed by atoms with Crippen LogP contribution >= 0.6 is 11.6 Å². The first-order valence-corrected chi connectivity index (χ1v) is 9.51. The molecule has 0 aromatic heterocycles. The van der Waals surface area contributed by atoms with Crippen LogP contribution in [0, 0.1) is 0 Å². The van der Waals surface area contributed by atoms with Crippen LogP contribution in [0.2, 0.25) is 5.02 Å². The van der Waals surface area contributed by atoms with E-state index < -0.39 is 0 Å². The van der Waals surface area contributed by atoms with Gasteiger partial charge in [0, 0.05) is 48.9 Å². The lowest BCUT2D eigenvalue weighted by atomic mass is 9.71. The van der Waals surface area contributed by atoms with Crippen molar-refractivity contribution in [1.29, 1.82) is 0 Å². The second kappa shape index (κ2) is 7.60. The van der Waals surface area contributed by atoms with Crippen molar-refractivity contribution in [2.75, 3.05) is 31.8 Å². The van der Waals surface area contributed by atoms with E-state index in [1.165, 1.54) is 7.11 Å². The number of aliphatic hydroxyl groups excluding tert-OH is 1. The van der Waals surface area contributed by atoms with Gasteiger partial charge < -0.3 is 14.7 Å². The van der Waals surface area contributed by atoms with Gasteiger partial charge in [-0.15, -0.1) is 0 Å². The number of aliphatic hydroxyl groups is 1. The number of rotatable bonds is 5. The molecule has 0 bridgehead atoms. The molecule has 1 amide bonds. The highest BCUT2D eigenvalue weighted by Crippen LogP contribution is 2.48. The fourth-order valence-electron chi connectivity index (χ4n) is 4.46. The highest BCUT2D eigenvalue weighted by molar-refractivity contribution is 6.31. The van der Waals surface area contributed by atoms with E-state index in [0.29, 0.717) is 13.1 Å². The smallest absolute Gasteiger partial charge is 0.253 e. The minimum absolute atomic E-state index is 0.0205. The normalized spacial score (nSPS) is 24.1. The zero-order valence-electron chi connectivity index (χ0n) is 15.2. The third-order valence-electron chi connectivity index (χ3n) is 5.70. The lowest BCUT2D eigenvalue weighted by Crippen LogP contribution is -2.68. The molecule has 0 aliphatic carbocycles. The molecule has 2 aliphatic rings. The van der Waals surface area contributed by atoms with Crippen LogP contribution in [0.15, 0.2) is 48.5 Å². The Morgan fingerprint density at radius 1 is 1.22 bits per heavy atom. The molecular formula is C21H23ClN2O3. The summed E-state index contributed by atoms with van der Waals surface area (Å²) in [5.74, 6) is 0.161. The van der Waals surface area contributed by atoms with Crippen molar-refractivity contribution in [3.05, 3.63) is 64.7 Å². The molecule has 0 saturated carbocycles. The molecule has 4 rings (SSSR count). The second-order valence-corrected chi connectivity index (χ2v) is 7.51. The summed E-state index contributed by atoms with van der Waals surface area (Å²) in [5, 5.41) is 10.8. The zero-order chi connectivity index (χ0) is 19.0. The van der Waals surface area contributed by atoms with Crippen molar-refractivity contribution in [3.63, 3.8) is 0 Å². The number of hydrogen-bond donors (Lipinski definition) is 1. The Kier molecular flexibility index (Phi) is 5.19. The Hall–Kier alpha value is -1.92. The first kappa shape index (κ1) is 18.4. The molecule has 5 nitrogen and oxygen atoms in total. The molecule has 1 fully saturated rings. The van der Waals surface area contributed by atoms with Crippen molar-refractivity contribution in [2.24, 2.45) is 0 Å². The Balaban J connectivity index is 1.66. The molecule has 0 unspecified atom stereocenters. The third kappa shape index (κ3) is 3.15. The Morgan fingerprint density at radius 3 is 2.70 bits per heavy atom. The quantitative estimate of drug-likeness (QED) is 0.858. The van der Waals surface area contributed by atoms with Gasteiger partial charge in [-0.25, -0.2) is 0 Å². The van der Waals surface area contributed by atoms with Gasteiger partial charge in [-0.2, -0.15) is 0 Å². The van der Waals surface area contributed by atoms with Crippen LogP contribution in [0.5, 0.6) is 0 Å². The van der Waals surface area contributed by atoms with E-state index in [0.717, 1.165) is 21.8 Å². The number of hydrogen-bond acceptors (Lipinski definition) is 4. The summed E-state index contributed by atoms with van der Waals surface area (Å²) >= 11 is 6.35. The summed E-state index contributed by atoms with van der Waals surface area (Å²) in [4.78, 5) is 16.7. The maximum absolute atomic E-state index is 12.6. The summed E-state index contributed by atoms with van der Waals surface area (Å²) in [5.41, 5.74) is 3.08. The lowest BCUT2D eigenvalue weighted by Gasteiger charge is -2.59. The van der Waals surface area contributed by atoms with Gasteiger partial charge >= 0.3 is 0 Å². The van der Waals surface area contributed by atoms with Crippen molar-refractivity contribution >= 4 is 23.2 Å². The summed E-state index contributed by atoms with van der Waals surface area (Å²) in [6.07, 6.45) is 0. The van der Waals surface area contributed by atoms with Crippen LogP contribution in [0.4, 0.5) is 5.69 Å². The van der Waals surface area contributed by atoms with E-state index in [1.54, 1.807) is 0 Å². The van der Waals surface area contributed by atoms with Crippen molar-refractivity contribution in [1.82, 2.24) is 4.90 Å². The van der Waals surface area contributed by atoms with Crippen molar-refractivity contribution in [3.8, 4) is 0 Å². The van der Waals surface area contributed by atoms with E-state index in [-0.39, 0.29) is 37.1 Å². The molecule has 6 heteroatoms. The van der Waals surface area contributed by atoms with Gasteiger partial charge in [-0.3, -0.25) is 9.69 Å². The van der Waals surface area contributed by atoms with Crippen LogP contribution < -0.4 is 4.90 Å². The number of anilines is 1. The van der Waals surface area contributed by atoms with Gasteiger partial charge in [0.15, 0.2) is 0 Å². The molecule has 142 valence electrons. The van der Waals surface area contributed by atoms with E-state index >= 15 is 0 Å². The highest BCUT2D eigenvalue weighted by Gasteiger charge is 2.53. The lowest BCUT2D eigenvalue weighted by molar-refractivity contribution is -0.123. The number of fused-ring (bicyclic) bond motifs is 3. The first-order valence-electron chi connectivity index (χ1n) is 9.14. The molecule has 2 aromatic carbocycles. The molecule has 1 N–H and O–H groups in total.